The van der Waals surface area contributed by atoms with Crippen LogP contribution in [0, 0.1) is 10.1 Å². The number of aromatic nitrogens is 2. The molecule has 3 N–H and O–H groups in total. The summed E-state index contributed by atoms with van der Waals surface area (Å²) in [6.07, 6.45) is 2.39. The number of nitrogens with zero attached hydrogens (tertiary/aromatic N) is 3. The average molecular weight is 269 g/mol. The van der Waals surface area contributed by atoms with Gasteiger partial charge in [-0.05, 0) is 12.8 Å². The van der Waals surface area contributed by atoms with Gasteiger partial charge in [0.15, 0.2) is 0 Å². The number of hydrogen-bond donors (Lipinski definition) is 3. The van der Waals surface area contributed by atoms with Gasteiger partial charge in [-0.3, -0.25) is 10.1 Å². The molecule has 0 spiro atoms. The van der Waals surface area contributed by atoms with Crippen LogP contribution in [0.15, 0.2) is 6.20 Å². The third kappa shape index (κ3) is 3.28. The number of nitro groups is 1. The van der Waals surface area contributed by atoms with Crippen molar-refractivity contribution in [3.05, 3.63) is 16.3 Å². The van der Waals surface area contributed by atoms with Gasteiger partial charge in [0.05, 0.1) is 17.1 Å². The lowest BCUT2D eigenvalue weighted by atomic mass is 9.94. The molecule has 0 amide bonds. The van der Waals surface area contributed by atoms with Gasteiger partial charge in [0.25, 0.3) is 0 Å². The molecule has 106 valence electrons. The third-order valence-corrected chi connectivity index (χ3v) is 3.23. The smallest absolute Gasteiger partial charge is 0.329 e. The first-order valence-corrected chi connectivity index (χ1v) is 6.10. The number of rotatable bonds is 7. The standard InChI is InChI=1S/C11H19N5O3/c1-4-11(5-2,7-17)15-9-8(16(18)19)6-13-10(12-3)14-9/h6,17H,4-5,7H2,1-3H3,(H2,12,13,14,15). The average Bonchev–Trinajstić information content (AvgIpc) is 2.44. The minimum absolute atomic E-state index is 0.113. The molecule has 0 aromatic carbocycles. The Hall–Kier alpha value is -1.96. The van der Waals surface area contributed by atoms with Crippen molar-refractivity contribution in [2.75, 3.05) is 24.3 Å². The van der Waals surface area contributed by atoms with Gasteiger partial charge in [-0.15, -0.1) is 0 Å². The van der Waals surface area contributed by atoms with Gasteiger partial charge in [0, 0.05) is 7.05 Å². The van der Waals surface area contributed by atoms with E-state index in [0.717, 1.165) is 6.20 Å². The van der Waals surface area contributed by atoms with Crippen LogP contribution in [0.3, 0.4) is 0 Å². The first kappa shape index (κ1) is 15.1. The minimum atomic E-state index is -0.621. The minimum Gasteiger partial charge on any atom is -0.394 e. The maximum atomic E-state index is 11.0. The van der Waals surface area contributed by atoms with E-state index >= 15 is 0 Å². The van der Waals surface area contributed by atoms with Crippen LogP contribution in [0.4, 0.5) is 17.5 Å². The Bertz CT molecular complexity index is 440. The van der Waals surface area contributed by atoms with Crippen LogP contribution in [-0.4, -0.2) is 39.2 Å². The molecule has 0 saturated carbocycles. The lowest BCUT2D eigenvalue weighted by molar-refractivity contribution is -0.384. The second kappa shape index (κ2) is 6.28. The van der Waals surface area contributed by atoms with E-state index < -0.39 is 10.5 Å². The predicted molar refractivity (Wildman–Crippen MR) is 72.3 cm³/mol. The van der Waals surface area contributed by atoms with Crippen molar-refractivity contribution in [3.63, 3.8) is 0 Å². The van der Waals surface area contributed by atoms with Crippen LogP contribution in [0.1, 0.15) is 26.7 Å². The Morgan fingerprint density at radius 1 is 1.47 bits per heavy atom. The first-order chi connectivity index (χ1) is 9.01. The maximum Gasteiger partial charge on any atom is 0.329 e. The molecule has 0 atom stereocenters. The van der Waals surface area contributed by atoms with Crippen LogP contribution in [0.25, 0.3) is 0 Å². The number of hydrogen-bond acceptors (Lipinski definition) is 7. The maximum absolute atomic E-state index is 11.0. The van der Waals surface area contributed by atoms with Crippen LogP contribution in [-0.2, 0) is 0 Å². The molecule has 19 heavy (non-hydrogen) atoms. The SMILES string of the molecule is CCC(CC)(CO)Nc1nc(NC)ncc1[N+](=O)[O-]. The highest BCUT2D eigenvalue weighted by Crippen LogP contribution is 2.28. The van der Waals surface area contributed by atoms with Gasteiger partial charge >= 0.3 is 5.69 Å². The van der Waals surface area contributed by atoms with Crippen molar-refractivity contribution < 1.29 is 10.0 Å². The Morgan fingerprint density at radius 3 is 2.53 bits per heavy atom. The van der Waals surface area contributed by atoms with Crippen LogP contribution < -0.4 is 10.6 Å². The van der Waals surface area contributed by atoms with Crippen LogP contribution in [0.2, 0.25) is 0 Å². The summed E-state index contributed by atoms with van der Waals surface area (Å²) in [6, 6.07) is 0. The lowest BCUT2D eigenvalue weighted by Crippen LogP contribution is -2.41. The molecule has 1 rings (SSSR count). The zero-order valence-electron chi connectivity index (χ0n) is 11.3. The van der Waals surface area contributed by atoms with Crippen molar-refractivity contribution in [1.29, 1.82) is 0 Å². The molecule has 1 aromatic rings. The number of aliphatic hydroxyl groups is 1. The second-order valence-electron chi connectivity index (χ2n) is 4.21. The monoisotopic (exact) mass is 269 g/mol. The van der Waals surface area contributed by atoms with Gasteiger partial charge in [-0.25, -0.2) is 4.98 Å². The van der Waals surface area contributed by atoms with Gasteiger partial charge in [-0.2, -0.15) is 4.98 Å². The highest BCUT2D eigenvalue weighted by atomic mass is 16.6. The summed E-state index contributed by atoms with van der Waals surface area (Å²) in [5.74, 6) is 0.397. The molecular weight excluding hydrogens is 250 g/mol. The zero-order chi connectivity index (χ0) is 14.5. The van der Waals surface area contributed by atoms with E-state index in [1.807, 2.05) is 13.8 Å². The Morgan fingerprint density at radius 2 is 2.11 bits per heavy atom. The van der Waals surface area contributed by atoms with Crippen molar-refractivity contribution >= 4 is 17.5 Å². The number of anilines is 2. The summed E-state index contributed by atoms with van der Waals surface area (Å²) < 4.78 is 0. The zero-order valence-corrected chi connectivity index (χ0v) is 11.3. The molecule has 0 aliphatic rings. The molecule has 0 saturated heterocycles. The predicted octanol–water partition coefficient (Wildman–Crippen LogP) is 1.39. The third-order valence-electron chi connectivity index (χ3n) is 3.23. The first-order valence-electron chi connectivity index (χ1n) is 6.10. The summed E-state index contributed by atoms with van der Waals surface area (Å²) in [5, 5.41) is 26.2. The molecule has 1 heterocycles. The highest BCUT2D eigenvalue weighted by Gasteiger charge is 2.29. The van der Waals surface area contributed by atoms with E-state index in [1.165, 1.54) is 0 Å². The van der Waals surface area contributed by atoms with E-state index in [1.54, 1.807) is 7.05 Å². The van der Waals surface area contributed by atoms with E-state index in [2.05, 4.69) is 20.6 Å². The molecule has 8 heteroatoms. The van der Waals surface area contributed by atoms with E-state index in [4.69, 9.17) is 0 Å². The molecule has 8 nitrogen and oxygen atoms in total. The topological polar surface area (TPSA) is 113 Å². The summed E-state index contributed by atoms with van der Waals surface area (Å²) in [5.41, 5.74) is -0.830. The summed E-state index contributed by atoms with van der Waals surface area (Å²) >= 11 is 0. The summed E-state index contributed by atoms with van der Waals surface area (Å²) in [7, 11) is 1.63. The Balaban J connectivity index is 3.19. The highest BCUT2D eigenvalue weighted by molar-refractivity contribution is 5.58. The normalized spacial score (nSPS) is 11.2. The fraction of sp³-hybridized carbons (Fsp3) is 0.636. The molecule has 0 bridgehead atoms. The molecule has 0 radical (unpaired) electrons. The van der Waals surface area contributed by atoms with Crippen molar-refractivity contribution in [2.24, 2.45) is 0 Å². The molecule has 0 aliphatic heterocycles. The van der Waals surface area contributed by atoms with Crippen molar-refractivity contribution in [2.45, 2.75) is 32.2 Å². The molecular formula is C11H19N5O3. The van der Waals surface area contributed by atoms with E-state index in [-0.39, 0.29) is 24.1 Å². The van der Waals surface area contributed by atoms with Crippen LogP contribution >= 0.6 is 0 Å². The lowest BCUT2D eigenvalue weighted by Gasteiger charge is -2.31. The van der Waals surface area contributed by atoms with Crippen LogP contribution in [0.5, 0.6) is 0 Å². The number of aliphatic hydroxyl groups excluding tert-OH is 1. The fourth-order valence-corrected chi connectivity index (χ4v) is 1.66. The summed E-state index contributed by atoms with van der Waals surface area (Å²) in [4.78, 5) is 18.3. The Kier molecular flexibility index (Phi) is 4.99. The van der Waals surface area contributed by atoms with Crippen molar-refractivity contribution in [3.8, 4) is 0 Å². The van der Waals surface area contributed by atoms with Gasteiger partial charge in [0.1, 0.15) is 6.20 Å². The van der Waals surface area contributed by atoms with Gasteiger partial charge < -0.3 is 15.7 Å². The van der Waals surface area contributed by atoms with Gasteiger partial charge in [0.2, 0.25) is 11.8 Å². The molecule has 1 aromatic heterocycles. The molecule has 0 unspecified atom stereocenters. The van der Waals surface area contributed by atoms with Crippen molar-refractivity contribution in [1.82, 2.24) is 9.97 Å². The fourth-order valence-electron chi connectivity index (χ4n) is 1.66. The number of nitrogens with one attached hydrogen (secondary N) is 2. The molecule has 0 aliphatic carbocycles. The second-order valence-corrected chi connectivity index (χ2v) is 4.21. The van der Waals surface area contributed by atoms with E-state index in [0.29, 0.717) is 12.8 Å². The summed E-state index contributed by atoms with van der Waals surface area (Å²) in [6.45, 7) is 3.67. The quantitative estimate of drug-likeness (QED) is 0.506. The van der Waals surface area contributed by atoms with Gasteiger partial charge in [-0.1, -0.05) is 13.8 Å². The largest absolute Gasteiger partial charge is 0.394 e. The Labute approximate surface area is 111 Å². The van der Waals surface area contributed by atoms with E-state index in [9.17, 15) is 15.2 Å². The molecule has 0 fully saturated rings.